The average molecular weight is 239 g/mol. The fraction of sp³-hybridized carbons (Fsp3) is 0.846. The molecule has 2 aliphatic rings. The van der Waals surface area contributed by atoms with Gasteiger partial charge in [0.2, 0.25) is 5.91 Å². The molecule has 0 aromatic rings. The van der Waals surface area contributed by atoms with Gasteiger partial charge in [-0.25, -0.2) is 0 Å². The quantitative estimate of drug-likeness (QED) is 0.714. The van der Waals surface area contributed by atoms with Gasteiger partial charge in [0.1, 0.15) is 0 Å². The van der Waals surface area contributed by atoms with Gasteiger partial charge in [0.25, 0.3) is 0 Å². The molecule has 0 radical (unpaired) electrons. The SMILES string of the molecule is CC1CC1COC(=O)CCNC(=O)C1CCC1. The number of amides is 1. The number of carbonyl (C=O) groups is 2. The van der Waals surface area contributed by atoms with Crippen molar-refractivity contribution in [3.63, 3.8) is 0 Å². The van der Waals surface area contributed by atoms with E-state index >= 15 is 0 Å². The Labute approximate surface area is 102 Å². The molecule has 2 aliphatic carbocycles. The lowest BCUT2D eigenvalue weighted by Crippen LogP contribution is -2.35. The van der Waals surface area contributed by atoms with Gasteiger partial charge in [-0.05, 0) is 31.1 Å². The molecule has 0 aromatic carbocycles. The molecule has 0 bridgehead atoms. The number of rotatable bonds is 6. The molecule has 0 heterocycles. The van der Waals surface area contributed by atoms with E-state index in [0.717, 1.165) is 19.3 Å². The van der Waals surface area contributed by atoms with E-state index < -0.39 is 0 Å². The van der Waals surface area contributed by atoms with Crippen molar-refractivity contribution in [2.24, 2.45) is 17.8 Å². The van der Waals surface area contributed by atoms with Crippen LogP contribution in [0.2, 0.25) is 0 Å². The molecule has 0 spiro atoms. The highest BCUT2D eigenvalue weighted by atomic mass is 16.5. The molecule has 0 aliphatic heterocycles. The van der Waals surface area contributed by atoms with Gasteiger partial charge in [-0.3, -0.25) is 9.59 Å². The summed E-state index contributed by atoms with van der Waals surface area (Å²) in [7, 11) is 0. The zero-order chi connectivity index (χ0) is 12.3. The van der Waals surface area contributed by atoms with E-state index in [1.165, 1.54) is 6.42 Å². The highest BCUT2D eigenvalue weighted by Gasteiger charge is 2.33. The Morgan fingerprint density at radius 3 is 2.59 bits per heavy atom. The average Bonchev–Trinajstić information content (AvgIpc) is 2.89. The Morgan fingerprint density at radius 2 is 2.06 bits per heavy atom. The van der Waals surface area contributed by atoms with Gasteiger partial charge in [-0.2, -0.15) is 0 Å². The van der Waals surface area contributed by atoms with Gasteiger partial charge >= 0.3 is 5.97 Å². The Bertz CT molecular complexity index is 299. The molecule has 0 aromatic heterocycles. The molecular weight excluding hydrogens is 218 g/mol. The van der Waals surface area contributed by atoms with Gasteiger partial charge in [0.15, 0.2) is 0 Å². The first-order valence-corrected chi connectivity index (χ1v) is 6.60. The van der Waals surface area contributed by atoms with Gasteiger partial charge < -0.3 is 10.1 Å². The van der Waals surface area contributed by atoms with Crippen LogP contribution < -0.4 is 5.32 Å². The normalized spacial score (nSPS) is 27.1. The van der Waals surface area contributed by atoms with Gasteiger partial charge in [0, 0.05) is 12.5 Å². The summed E-state index contributed by atoms with van der Waals surface area (Å²) >= 11 is 0. The van der Waals surface area contributed by atoms with E-state index in [2.05, 4.69) is 12.2 Å². The molecule has 96 valence electrons. The van der Waals surface area contributed by atoms with E-state index in [4.69, 9.17) is 4.74 Å². The molecular formula is C13H21NO3. The van der Waals surface area contributed by atoms with Crippen LogP contribution in [0.15, 0.2) is 0 Å². The van der Waals surface area contributed by atoms with E-state index in [9.17, 15) is 9.59 Å². The van der Waals surface area contributed by atoms with Crippen molar-refractivity contribution >= 4 is 11.9 Å². The highest BCUT2D eigenvalue weighted by Crippen LogP contribution is 2.37. The van der Waals surface area contributed by atoms with Crippen molar-refractivity contribution in [3.05, 3.63) is 0 Å². The predicted molar refractivity (Wildman–Crippen MR) is 63.2 cm³/mol. The van der Waals surface area contributed by atoms with Crippen molar-refractivity contribution < 1.29 is 14.3 Å². The van der Waals surface area contributed by atoms with Crippen LogP contribution in [0.25, 0.3) is 0 Å². The van der Waals surface area contributed by atoms with E-state index in [1.807, 2.05) is 0 Å². The van der Waals surface area contributed by atoms with Crippen LogP contribution in [-0.2, 0) is 14.3 Å². The molecule has 1 amide bonds. The molecule has 2 unspecified atom stereocenters. The van der Waals surface area contributed by atoms with E-state index in [1.54, 1.807) is 0 Å². The smallest absolute Gasteiger partial charge is 0.307 e. The summed E-state index contributed by atoms with van der Waals surface area (Å²) in [5.74, 6) is 1.38. The minimum absolute atomic E-state index is 0.0971. The summed E-state index contributed by atoms with van der Waals surface area (Å²) in [6.07, 6.45) is 4.61. The van der Waals surface area contributed by atoms with Crippen LogP contribution in [0.4, 0.5) is 0 Å². The summed E-state index contributed by atoms with van der Waals surface area (Å²) in [6, 6.07) is 0. The first kappa shape index (κ1) is 12.4. The summed E-state index contributed by atoms with van der Waals surface area (Å²) < 4.78 is 5.13. The lowest BCUT2D eigenvalue weighted by molar-refractivity contribution is -0.144. The maximum absolute atomic E-state index is 11.5. The molecule has 17 heavy (non-hydrogen) atoms. The number of nitrogens with one attached hydrogen (secondary N) is 1. The highest BCUT2D eigenvalue weighted by molar-refractivity contribution is 5.80. The molecule has 4 nitrogen and oxygen atoms in total. The molecule has 1 N–H and O–H groups in total. The second-order valence-corrected chi connectivity index (χ2v) is 5.32. The second kappa shape index (κ2) is 5.52. The van der Waals surface area contributed by atoms with E-state index in [0.29, 0.717) is 31.4 Å². The third kappa shape index (κ3) is 3.72. The van der Waals surface area contributed by atoms with Crippen molar-refractivity contribution in [2.45, 2.75) is 39.0 Å². The molecule has 2 atom stereocenters. The van der Waals surface area contributed by atoms with Crippen LogP contribution in [0.3, 0.4) is 0 Å². The van der Waals surface area contributed by atoms with Gasteiger partial charge in [-0.1, -0.05) is 13.3 Å². The lowest BCUT2D eigenvalue weighted by Gasteiger charge is -2.23. The van der Waals surface area contributed by atoms with E-state index in [-0.39, 0.29) is 17.8 Å². The van der Waals surface area contributed by atoms with Crippen molar-refractivity contribution in [1.82, 2.24) is 5.32 Å². The first-order valence-electron chi connectivity index (χ1n) is 6.60. The lowest BCUT2D eigenvalue weighted by atomic mass is 9.85. The molecule has 2 saturated carbocycles. The van der Waals surface area contributed by atoms with Crippen molar-refractivity contribution in [3.8, 4) is 0 Å². The third-order valence-electron chi connectivity index (χ3n) is 3.84. The number of hydrogen-bond donors (Lipinski definition) is 1. The fourth-order valence-corrected chi connectivity index (χ4v) is 2.01. The fourth-order valence-electron chi connectivity index (χ4n) is 2.01. The zero-order valence-corrected chi connectivity index (χ0v) is 10.4. The van der Waals surface area contributed by atoms with Crippen LogP contribution in [0.1, 0.15) is 39.0 Å². The van der Waals surface area contributed by atoms with Crippen molar-refractivity contribution in [1.29, 1.82) is 0 Å². The van der Waals surface area contributed by atoms with Crippen LogP contribution in [0, 0.1) is 17.8 Å². The maximum atomic E-state index is 11.5. The maximum Gasteiger partial charge on any atom is 0.307 e. The summed E-state index contributed by atoms with van der Waals surface area (Å²) in [4.78, 5) is 22.8. The molecule has 2 rings (SSSR count). The van der Waals surface area contributed by atoms with Gasteiger partial charge in [0.05, 0.1) is 13.0 Å². The van der Waals surface area contributed by atoms with Crippen LogP contribution in [-0.4, -0.2) is 25.0 Å². The molecule has 2 fully saturated rings. The topological polar surface area (TPSA) is 55.4 Å². The molecule has 0 saturated heterocycles. The Hall–Kier alpha value is -1.06. The second-order valence-electron chi connectivity index (χ2n) is 5.32. The number of ether oxygens (including phenoxy) is 1. The van der Waals surface area contributed by atoms with Crippen molar-refractivity contribution in [2.75, 3.05) is 13.2 Å². The Kier molecular flexibility index (Phi) is 4.02. The molecule has 4 heteroatoms. The zero-order valence-electron chi connectivity index (χ0n) is 10.4. The number of carbonyl (C=O) groups excluding carboxylic acids is 2. The number of esters is 1. The van der Waals surface area contributed by atoms with Gasteiger partial charge in [-0.15, -0.1) is 0 Å². The Balaban J connectivity index is 1.49. The Morgan fingerprint density at radius 1 is 1.35 bits per heavy atom. The summed E-state index contributed by atoms with van der Waals surface area (Å²) in [5.41, 5.74) is 0. The first-order chi connectivity index (χ1) is 8.16. The predicted octanol–water partition coefficient (Wildman–Crippen LogP) is 1.49. The third-order valence-corrected chi connectivity index (χ3v) is 3.84. The standard InChI is InChI=1S/C13H21NO3/c1-9-7-11(9)8-17-12(15)5-6-14-13(16)10-3-2-4-10/h9-11H,2-8H2,1H3,(H,14,16). The summed E-state index contributed by atoms with van der Waals surface area (Å²) in [6.45, 7) is 3.13. The number of hydrogen-bond acceptors (Lipinski definition) is 3. The monoisotopic (exact) mass is 239 g/mol. The van der Waals surface area contributed by atoms with Crippen LogP contribution in [0.5, 0.6) is 0 Å². The summed E-state index contributed by atoms with van der Waals surface area (Å²) in [5, 5.41) is 2.79. The largest absolute Gasteiger partial charge is 0.465 e. The minimum Gasteiger partial charge on any atom is -0.465 e. The minimum atomic E-state index is -0.196. The van der Waals surface area contributed by atoms with Crippen LogP contribution >= 0.6 is 0 Å².